The van der Waals surface area contributed by atoms with Gasteiger partial charge in [0.1, 0.15) is 12.0 Å². The van der Waals surface area contributed by atoms with E-state index in [1.807, 2.05) is 36.4 Å². The molecule has 0 unspecified atom stereocenters. The second-order valence-electron chi connectivity index (χ2n) is 5.00. The Kier molecular flexibility index (Phi) is 4.76. The van der Waals surface area contributed by atoms with Crippen LogP contribution in [-0.4, -0.2) is 26.5 Å². The second kappa shape index (κ2) is 6.97. The van der Waals surface area contributed by atoms with Crippen LogP contribution in [-0.2, 0) is 0 Å². The number of nitrogens with zero attached hydrogens (tertiary/aromatic N) is 1. The van der Waals surface area contributed by atoms with Crippen molar-refractivity contribution in [3.63, 3.8) is 0 Å². The molecule has 0 aliphatic heterocycles. The van der Waals surface area contributed by atoms with Crippen molar-refractivity contribution in [2.24, 2.45) is 0 Å². The molecule has 0 fully saturated rings. The highest BCUT2D eigenvalue weighted by atomic mass is 79.9. The summed E-state index contributed by atoms with van der Waals surface area (Å²) < 4.78 is 22.4. The predicted octanol–water partition coefficient (Wildman–Crippen LogP) is 4.80. The van der Waals surface area contributed by atoms with Crippen LogP contribution in [0.3, 0.4) is 0 Å². The minimum atomic E-state index is 0.547. The lowest BCUT2D eigenvalue weighted by Gasteiger charge is -2.14. The SMILES string of the molecule is COc1cc(-c2conc2-c2ccc(Br)cc2)cc(OC)c1OC. The number of ether oxygens (including phenoxy) is 3. The fraction of sp³-hybridized carbons (Fsp3) is 0.167. The van der Waals surface area contributed by atoms with E-state index in [1.165, 1.54) is 0 Å². The molecule has 124 valence electrons. The van der Waals surface area contributed by atoms with Crippen molar-refractivity contribution in [2.45, 2.75) is 0 Å². The van der Waals surface area contributed by atoms with Crippen molar-refractivity contribution in [1.82, 2.24) is 5.16 Å². The Bertz CT molecular complexity index is 817. The van der Waals surface area contributed by atoms with Crippen LogP contribution in [0.2, 0.25) is 0 Å². The number of methoxy groups -OCH3 is 3. The number of halogens is 1. The molecule has 1 heterocycles. The van der Waals surface area contributed by atoms with Gasteiger partial charge >= 0.3 is 0 Å². The Morgan fingerprint density at radius 2 is 1.50 bits per heavy atom. The van der Waals surface area contributed by atoms with Gasteiger partial charge in [-0.05, 0) is 29.8 Å². The second-order valence-corrected chi connectivity index (χ2v) is 5.91. The molecule has 2 aromatic carbocycles. The van der Waals surface area contributed by atoms with Gasteiger partial charge in [0, 0.05) is 15.6 Å². The largest absolute Gasteiger partial charge is 0.493 e. The van der Waals surface area contributed by atoms with E-state index in [-0.39, 0.29) is 0 Å². The summed E-state index contributed by atoms with van der Waals surface area (Å²) in [6.07, 6.45) is 1.61. The Morgan fingerprint density at radius 3 is 2.04 bits per heavy atom. The first-order valence-corrected chi connectivity index (χ1v) is 7.98. The van der Waals surface area contributed by atoms with Crippen molar-refractivity contribution in [3.8, 4) is 39.6 Å². The molecular formula is C18H16BrNO4. The fourth-order valence-electron chi connectivity index (χ4n) is 2.49. The van der Waals surface area contributed by atoms with Crippen LogP contribution < -0.4 is 14.2 Å². The van der Waals surface area contributed by atoms with E-state index in [2.05, 4.69) is 21.1 Å². The monoisotopic (exact) mass is 389 g/mol. The molecule has 0 radical (unpaired) electrons. The maximum atomic E-state index is 5.42. The Labute approximate surface area is 148 Å². The van der Waals surface area contributed by atoms with E-state index in [0.29, 0.717) is 17.2 Å². The highest BCUT2D eigenvalue weighted by Crippen LogP contribution is 2.43. The molecule has 1 aromatic heterocycles. The van der Waals surface area contributed by atoms with Gasteiger partial charge < -0.3 is 18.7 Å². The van der Waals surface area contributed by atoms with Crippen LogP contribution in [0.1, 0.15) is 0 Å². The molecule has 24 heavy (non-hydrogen) atoms. The molecule has 6 heteroatoms. The summed E-state index contributed by atoms with van der Waals surface area (Å²) >= 11 is 3.43. The number of rotatable bonds is 5. The first kappa shape index (κ1) is 16.4. The Hall–Kier alpha value is -2.47. The molecule has 0 spiro atoms. The minimum Gasteiger partial charge on any atom is -0.493 e. The Balaban J connectivity index is 2.14. The number of aromatic nitrogens is 1. The topological polar surface area (TPSA) is 53.7 Å². The molecular weight excluding hydrogens is 374 g/mol. The van der Waals surface area contributed by atoms with Crippen LogP contribution >= 0.6 is 15.9 Å². The standard InChI is InChI=1S/C18H16BrNO4/c1-21-15-8-12(9-16(22-2)18(15)23-3)14-10-24-20-17(14)11-4-6-13(19)7-5-11/h4-10H,1-3H3. The van der Waals surface area contributed by atoms with E-state index >= 15 is 0 Å². The lowest BCUT2D eigenvalue weighted by Crippen LogP contribution is -1.95. The van der Waals surface area contributed by atoms with Crippen molar-refractivity contribution in [1.29, 1.82) is 0 Å². The molecule has 3 aromatic rings. The van der Waals surface area contributed by atoms with Gasteiger partial charge in [-0.3, -0.25) is 0 Å². The average Bonchev–Trinajstić information content (AvgIpc) is 3.10. The lowest BCUT2D eigenvalue weighted by molar-refractivity contribution is 0.324. The van der Waals surface area contributed by atoms with Crippen LogP contribution in [0.15, 0.2) is 51.7 Å². The summed E-state index contributed by atoms with van der Waals surface area (Å²) in [5.41, 5.74) is 3.41. The van der Waals surface area contributed by atoms with Gasteiger partial charge in [-0.25, -0.2) is 0 Å². The molecule has 0 saturated carbocycles. The first-order chi connectivity index (χ1) is 11.7. The van der Waals surface area contributed by atoms with Crippen LogP contribution in [0.4, 0.5) is 0 Å². The van der Waals surface area contributed by atoms with Crippen LogP contribution in [0, 0.1) is 0 Å². The summed E-state index contributed by atoms with van der Waals surface area (Å²) in [6.45, 7) is 0. The smallest absolute Gasteiger partial charge is 0.203 e. The summed E-state index contributed by atoms with van der Waals surface area (Å²) in [4.78, 5) is 0. The number of benzene rings is 2. The van der Waals surface area contributed by atoms with E-state index in [4.69, 9.17) is 18.7 Å². The van der Waals surface area contributed by atoms with Gasteiger partial charge in [0.15, 0.2) is 11.5 Å². The predicted molar refractivity (Wildman–Crippen MR) is 94.7 cm³/mol. The van der Waals surface area contributed by atoms with Crippen LogP contribution in [0.25, 0.3) is 22.4 Å². The van der Waals surface area contributed by atoms with Crippen molar-refractivity contribution in [3.05, 3.63) is 47.1 Å². The summed E-state index contributed by atoms with van der Waals surface area (Å²) in [5.74, 6) is 1.70. The molecule has 0 aliphatic carbocycles. The molecule has 0 amide bonds. The molecule has 3 rings (SSSR count). The van der Waals surface area contributed by atoms with Gasteiger partial charge in [-0.1, -0.05) is 33.2 Å². The first-order valence-electron chi connectivity index (χ1n) is 7.18. The van der Waals surface area contributed by atoms with Crippen molar-refractivity contribution < 1.29 is 18.7 Å². The third-order valence-electron chi connectivity index (χ3n) is 3.66. The zero-order valence-electron chi connectivity index (χ0n) is 13.5. The minimum absolute atomic E-state index is 0.547. The molecule has 0 saturated heterocycles. The molecule has 0 atom stereocenters. The fourth-order valence-corrected chi connectivity index (χ4v) is 2.76. The molecule has 5 nitrogen and oxygen atoms in total. The molecule has 0 bridgehead atoms. The number of hydrogen-bond acceptors (Lipinski definition) is 5. The van der Waals surface area contributed by atoms with Gasteiger partial charge in [0.2, 0.25) is 5.75 Å². The van der Waals surface area contributed by atoms with Crippen LogP contribution in [0.5, 0.6) is 17.2 Å². The van der Waals surface area contributed by atoms with Crippen molar-refractivity contribution in [2.75, 3.05) is 21.3 Å². The maximum absolute atomic E-state index is 5.42. The zero-order chi connectivity index (χ0) is 17.1. The third kappa shape index (κ3) is 2.97. The average molecular weight is 390 g/mol. The van der Waals surface area contributed by atoms with Gasteiger partial charge in [-0.2, -0.15) is 0 Å². The zero-order valence-corrected chi connectivity index (χ0v) is 15.1. The quantitative estimate of drug-likeness (QED) is 0.627. The Morgan fingerprint density at radius 1 is 0.875 bits per heavy atom. The summed E-state index contributed by atoms with van der Waals surface area (Å²) in [5, 5.41) is 4.14. The van der Waals surface area contributed by atoms with Gasteiger partial charge in [0.05, 0.1) is 21.3 Å². The molecule has 0 N–H and O–H groups in total. The molecule has 0 aliphatic rings. The highest BCUT2D eigenvalue weighted by Gasteiger charge is 2.18. The summed E-state index contributed by atoms with van der Waals surface area (Å²) in [7, 11) is 4.75. The van der Waals surface area contributed by atoms with Gasteiger partial charge in [-0.15, -0.1) is 0 Å². The maximum Gasteiger partial charge on any atom is 0.203 e. The van der Waals surface area contributed by atoms with E-state index in [9.17, 15) is 0 Å². The van der Waals surface area contributed by atoms with E-state index in [1.54, 1.807) is 27.6 Å². The summed E-state index contributed by atoms with van der Waals surface area (Å²) in [6, 6.07) is 11.6. The number of hydrogen-bond donors (Lipinski definition) is 0. The van der Waals surface area contributed by atoms with Crippen molar-refractivity contribution >= 4 is 15.9 Å². The lowest BCUT2D eigenvalue weighted by atomic mass is 10.0. The van der Waals surface area contributed by atoms with Gasteiger partial charge in [0.25, 0.3) is 0 Å². The third-order valence-corrected chi connectivity index (χ3v) is 4.19. The highest BCUT2D eigenvalue weighted by molar-refractivity contribution is 9.10. The van der Waals surface area contributed by atoms with E-state index < -0.39 is 0 Å². The normalized spacial score (nSPS) is 10.5. The van der Waals surface area contributed by atoms with E-state index in [0.717, 1.165) is 26.9 Å².